The van der Waals surface area contributed by atoms with Crippen LogP contribution in [0.2, 0.25) is 0 Å². The minimum Gasteiger partial charge on any atom is -0.309 e. The average Bonchev–Trinajstić information content (AvgIpc) is 3.21. The molecule has 5 aromatic rings. The average molecular weight is 428 g/mol. The molecule has 33 heavy (non-hydrogen) atoms. The Kier molecular flexibility index (Phi) is 5.95. The molecule has 5 rings (SSSR count). The number of para-hydroxylation sites is 1. The van der Waals surface area contributed by atoms with Crippen LogP contribution in [0.25, 0.3) is 44.2 Å². The minimum absolute atomic E-state index is 1.07. The molecule has 0 aliphatic heterocycles. The zero-order valence-electron chi connectivity index (χ0n) is 19.3. The van der Waals surface area contributed by atoms with Gasteiger partial charge in [-0.3, -0.25) is 0 Å². The molecule has 1 nitrogen and oxygen atoms in total. The van der Waals surface area contributed by atoms with Gasteiger partial charge in [-0.2, -0.15) is 0 Å². The number of rotatable bonds is 6. The van der Waals surface area contributed by atoms with Crippen LogP contribution >= 0.6 is 0 Å². The van der Waals surface area contributed by atoms with Gasteiger partial charge in [-0.25, -0.2) is 0 Å². The first kappa shape index (κ1) is 21.0. The SMILES string of the molecule is C/C=C\CC/C=C(\C)c1ccc2c(c1)c1ccccc1n2-c1cccc(-c2ccccc2)c1. The summed E-state index contributed by atoms with van der Waals surface area (Å²) < 4.78 is 2.39. The van der Waals surface area contributed by atoms with Crippen molar-refractivity contribution in [1.29, 1.82) is 0 Å². The summed E-state index contributed by atoms with van der Waals surface area (Å²) in [6.45, 7) is 4.30. The third-order valence-electron chi connectivity index (χ3n) is 6.36. The Balaban J connectivity index is 1.64. The Morgan fingerprint density at radius 2 is 1.45 bits per heavy atom. The van der Waals surface area contributed by atoms with Crippen molar-refractivity contribution in [2.75, 3.05) is 0 Å². The number of hydrogen-bond donors (Lipinski definition) is 0. The molecular weight excluding hydrogens is 398 g/mol. The van der Waals surface area contributed by atoms with Crippen molar-refractivity contribution < 1.29 is 0 Å². The number of fused-ring (bicyclic) bond motifs is 3. The molecule has 0 saturated carbocycles. The quantitative estimate of drug-likeness (QED) is 0.188. The Labute approximate surface area is 196 Å². The highest BCUT2D eigenvalue weighted by molar-refractivity contribution is 6.10. The van der Waals surface area contributed by atoms with Crippen LogP contribution < -0.4 is 0 Å². The molecule has 0 amide bonds. The minimum atomic E-state index is 1.07. The van der Waals surface area contributed by atoms with E-state index in [-0.39, 0.29) is 0 Å². The fourth-order valence-corrected chi connectivity index (χ4v) is 4.63. The zero-order valence-corrected chi connectivity index (χ0v) is 19.3. The number of nitrogens with zero attached hydrogens (tertiary/aromatic N) is 1. The van der Waals surface area contributed by atoms with Crippen LogP contribution in [0.1, 0.15) is 32.3 Å². The van der Waals surface area contributed by atoms with Crippen molar-refractivity contribution in [2.45, 2.75) is 26.7 Å². The molecule has 0 N–H and O–H groups in total. The molecule has 0 spiro atoms. The lowest BCUT2D eigenvalue weighted by molar-refractivity contribution is 1.05. The third kappa shape index (κ3) is 4.15. The second-order valence-corrected chi connectivity index (χ2v) is 8.53. The smallest absolute Gasteiger partial charge is 0.0541 e. The topological polar surface area (TPSA) is 4.93 Å². The number of allylic oxidation sites excluding steroid dienone is 4. The molecule has 0 fully saturated rings. The fourth-order valence-electron chi connectivity index (χ4n) is 4.63. The maximum absolute atomic E-state index is 2.39. The standard InChI is InChI=1S/C32H29N/c1-3-4-5-7-13-24(2)26-20-21-32-30(23-26)29-18-10-11-19-31(29)33(32)28-17-12-16-27(22-28)25-14-8-6-9-15-25/h3-4,6,8-23H,5,7H2,1-2H3/b4-3-,24-13+. The summed E-state index contributed by atoms with van der Waals surface area (Å²) in [5.74, 6) is 0. The predicted molar refractivity (Wildman–Crippen MR) is 144 cm³/mol. The van der Waals surface area contributed by atoms with E-state index in [0.717, 1.165) is 12.8 Å². The lowest BCUT2D eigenvalue weighted by Gasteiger charge is -2.11. The lowest BCUT2D eigenvalue weighted by Crippen LogP contribution is -1.94. The summed E-state index contributed by atoms with van der Waals surface area (Å²) in [5, 5.41) is 2.59. The summed E-state index contributed by atoms with van der Waals surface area (Å²) in [7, 11) is 0. The van der Waals surface area contributed by atoms with Crippen LogP contribution in [0.15, 0.2) is 115 Å². The van der Waals surface area contributed by atoms with Crippen LogP contribution in [0.5, 0.6) is 0 Å². The summed E-state index contributed by atoms with van der Waals surface area (Å²) in [5.41, 5.74) is 8.77. The normalized spacial score (nSPS) is 12.2. The first-order valence-corrected chi connectivity index (χ1v) is 11.7. The van der Waals surface area contributed by atoms with Crippen molar-refractivity contribution in [3.8, 4) is 16.8 Å². The molecule has 0 aliphatic rings. The van der Waals surface area contributed by atoms with Crippen LogP contribution in [-0.2, 0) is 0 Å². The molecule has 4 aromatic carbocycles. The van der Waals surface area contributed by atoms with Gasteiger partial charge in [0.25, 0.3) is 0 Å². The van der Waals surface area contributed by atoms with Crippen molar-refractivity contribution >= 4 is 27.4 Å². The van der Waals surface area contributed by atoms with E-state index >= 15 is 0 Å². The largest absolute Gasteiger partial charge is 0.309 e. The molecular formula is C32H29N. The van der Waals surface area contributed by atoms with Crippen molar-refractivity contribution in [2.24, 2.45) is 0 Å². The summed E-state index contributed by atoms with van der Waals surface area (Å²) in [4.78, 5) is 0. The first-order chi connectivity index (χ1) is 16.3. The van der Waals surface area contributed by atoms with Gasteiger partial charge in [0.1, 0.15) is 0 Å². The molecule has 1 aromatic heterocycles. The number of aromatic nitrogens is 1. The van der Waals surface area contributed by atoms with Gasteiger partial charge in [0.05, 0.1) is 11.0 Å². The molecule has 162 valence electrons. The van der Waals surface area contributed by atoms with Gasteiger partial charge in [0.15, 0.2) is 0 Å². The molecule has 0 aliphatic carbocycles. The van der Waals surface area contributed by atoms with Crippen LogP contribution in [-0.4, -0.2) is 4.57 Å². The molecule has 0 radical (unpaired) electrons. The first-order valence-electron chi connectivity index (χ1n) is 11.7. The van der Waals surface area contributed by atoms with E-state index in [0.29, 0.717) is 0 Å². The fraction of sp³-hybridized carbons (Fsp3) is 0.125. The van der Waals surface area contributed by atoms with E-state index in [1.165, 1.54) is 49.8 Å². The van der Waals surface area contributed by atoms with Crippen LogP contribution in [0.3, 0.4) is 0 Å². The molecule has 1 heteroatoms. The highest BCUT2D eigenvalue weighted by Gasteiger charge is 2.13. The van der Waals surface area contributed by atoms with E-state index < -0.39 is 0 Å². The monoisotopic (exact) mass is 427 g/mol. The zero-order chi connectivity index (χ0) is 22.6. The van der Waals surface area contributed by atoms with Crippen molar-refractivity contribution in [3.63, 3.8) is 0 Å². The van der Waals surface area contributed by atoms with E-state index in [2.05, 4.69) is 134 Å². The van der Waals surface area contributed by atoms with Gasteiger partial charge in [0, 0.05) is 16.5 Å². The van der Waals surface area contributed by atoms with Gasteiger partial charge < -0.3 is 4.57 Å². The summed E-state index contributed by atoms with van der Waals surface area (Å²) in [6, 6.07) is 35.1. The maximum atomic E-state index is 2.39. The van der Waals surface area contributed by atoms with E-state index in [1.807, 2.05) is 0 Å². The number of unbranched alkanes of at least 4 members (excludes halogenated alkanes) is 1. The summed E-state index contributed by atoms with van der Waals surface area (Å²) in [6.07, 6.45) is 8.86. The van der Waals surface area contributed by atoms with Gasteiger partial charge in [-0.15, -0.1) is 0 Å². The number of hydrogen-bond acceptors (Lipinski definition) is 0. The summed E-state index contributed by atoms with van der Waals surface area (Å²) >= 11 is 0. The van der Waals surface area contributed by atoms with E-state index in [1.54, 1.807) is 0 Å². The van der Waals surface area contributed by atoms with E-state index in [4.69, 9.17) is 0 Å². The Morgan fingerprint density at radius 1 is 0.697 bits per heavy atom. The molecule has 0 saturated heterocycles. The van der Waals surface area contributed by atoms with Gasteiger partial charge in [-0.1, -0.05) is 85.0 Å². The van der Waals surface area contributed by atoms with E-state index in [9.17, 15) is 0 Å². The van der Waals surface area contributed by atoms with Gasteiger partial charge in [0.2, 0.25) is 0 Å². The molecule has 0 unspecified atom stereocenters. The van der Waals surface area contributed by atoms with Crippen molar-refractivity contribution in [1.82, 2.24) is 4.57 Å². The Hall–Kier alpha value is -3.84. The highest BCUT2D eigenvalue weighted by Crippen LogP contribution is 2.35. The van der Waals surface area contributed by atoms with Gasteiger partial charge in [-0.05, 0) is 79.3 Å². The lowest BCUT2D eigenvalue weighted by atomic mass is 10.0. The van der Waals surface area contributed by atoms with Gasteiger partial charge >= 0.3 is 0 Å². The third-order valence-corrected chi connectivity index (χ3v) is 6.36. The van der Waals surface area contributed by atoms with Crippen molar-refractivity contribution in [3.05, 3.63) is 121 Å². The van der Waals surface area contributed by atoms with Crippen LogP contribution in [0, 0.1) is 0 Å². The molecule has 0 bridgehead atoms. The Morgan fingerprint density at radius 3 is 2.30 bits per heavy atom. The maximum Gasteiger partial charge on any atom is 0.0541 e. The second kappa shape index (κ2) is 9.34. The molecule has 0 atom stereocenters. The Bertz CT molecular complexity index is 1470. The highest BCUT2D eigenvalue weighted by atomic mass is 15.0. The predicted octanol–water partition coefficient (Wildman–Crippen LogP) is 9.21. The number of benzene rings is 4. The molecule has 1 heterocycles. The second-order valence-electron chi connectivity index (χ2n) is 8.53. The van der Waals surface area contributed by atoms with Crippen LogP contribution in [0.4, 0.5) is 0 Å².